The van der Waals surface area contributed by atoms with Crippen molar-refractivity contribution in [2.45, 2.75) is 33.2 Å². The molecule has 0 saturated heterocycles. The quantitative estimate of drug-likeness (QED) is 0.726. The maximum Gasteiger partial charge on any atom is 0.135 e. The van der Waals surface area contributed by atoms with E-state index in [0.717, 1.165) is 46.0 Å². The molecule has 0 spiro atoms. The summed E-state index contributed by atoms with van der Waals surface area (Å²) in [6, 6.07) is 8.43. The van der Waals surface area contributed by atoms with Crippen LogP contribution in [0.25, 0.3) is 21.5 Å². The van der Waals surface area contributed by atoms with Crippen LogP contribution in [0.4, 0.5) is 0 Å². The van der Waals surface area contributed by atoms with Gasteiger partial charge >= 0.3 is 0 Å². The average Bonchev–Trinajstić information content (AvgIpc) is 3.07. The third-order valence-corrected chi connectivity index (χ3v) is 4.53. The van der Waals surface area contributed by atoms with Crippen molar-refractivity contribution in [3.63, 3.8) is 0 Å². The molecule has 3 rings (SSSR count). The minimum atomic E-state index is 0.286. The lowest BCUT2D eigenvalue weighted by Crippen LogP contribution is -2.19. The number of thiazole rings is 1. The zero-order chi connectivity index (χ0) is 14.8. The predicted octanol–water partition coefficient (Wildman–Crippen LogP) is 4.93. The Morgan fingerprint density at radius 2 is 2.14 bits per heavy atom. The number of para-hydroxylation sites is 1. The molecule has 1 atom stereocenters. The molecule has 0 aliphatic carbocycles. The summed E-state index contributed by atoms with van der Waals surface area (Å²) in [5, 5.41) is 7.81. The van der Waals surface area contributed by atoms with Gasteiger partial charge in [0.25, 0.3) is 0 Å². The number of aryl methyl sites for hydroxylation is 1. The molecule has 21 heavy (non-hydrogen) atoms. The van der Waals surface area contributed by atoms with Gasteiger partial charge < -0.3 is 9.73 Å². The first-order valence-corrected chi connectivity index (χ1v) is 8.26. The number of hydrogen-bond acceptors (Lipinski definition) is 4. The van der Waals surface area contributed by atoms with Gasteiger partial charge in [0.05, 0.1) is 11.3 Å². The van der Waals surface area contributed by atoms with Crippen molar-refractivity contribution in [2.24, 2.45) is 0 Å². The highest BCUT2D eigenvalue weighted by molar-refractivity contribution is 7.13. The molecule has 1 unspecified atom stereocenters. The molecule has 0 aliphatic rings. The predicted molar refractivity (Wildman–Crippen MR) is 88.8 cm³/mol. The van der Waals surface area contributed by atoms with Gasteiger partial charge in [0.1, 0.15) is 16.4 Å². The molecule has 3 nitrogen and oxygen atoms in total. The number of fused-ring (bicyclic) bond motifs is 1. The molecule has 0 amide bonds. The van der Waals surface area contributed by atoms with Gasteiger partial charge in [0.2, 0.25) is 0 Å². The Morgan fingerprint density at radius 3 is 2.95 bits per heavy atom. The van der Waals surface area contributed by atoms with Crippen LogP contribution < -0.4 is 5.32 Å². The van der Waals surface area contributed by atoms with E-state index in [2.05, 4.69) is 30.6 Å². The van der Waals surface area contributed by atoms with Crippen LogP contribution in [-0.2, 0) is 0 Å². The monoisotopic (exact) mass is 300 g/mol. The largest absolute Gasteiger partial charge is 0.461 e. The van der Waals surface area contributed by atoms with Crippen molar-refractivity contribution in [2.75, 3.05) is 6.54 Å². The van der Waals surface area contributed by atoms with E-state index in [9.17, 15) is 0 Å². The van der Waals surface area contributed by atoms with Gasteiger partial charge in [-0.05, 0) is 32.9 Å². The van der Waals surface area contributed by atoms with Crippen molar-refractivity contribution >= 4 is 22.3 Å². The number of hydrogen-bond donors (Lipinski definition) is 1. The second-order valence-corrected chi connectivity index (χ2v) is 6.14. The van der Waals surface area contributed by atoms with E-state index in [0.29, 0.717) is 0 Å². The highest BCUT2D eigenvalue weighted by atomic mass is 32.1. The average molecular weight is 300 g/mol. The molecule has 0 saturated carbocycles. The number of nitrogens with zero attached hydrogens (tertiary/aromatic N) is 1. The summed E-state index contributed by atoms with van der Waals surface area (Å²) in [7, 11) is 0. The molecule has 2 aromatic heterocycles. The first-order chi connectivity index (χ1) is 10.2. The van der Waals surface area contributed by atoms with Crippen molar-refractivity contribution in [3.05, 3.63) is 41.1 Å². The van der Waals surface area contributed by atoms with Crippen LogP contribution in [0.1, 0.15) is 37.8 Å². The molecular formula is C17H20N2OS. The lowest BCUT2D eigenvalue weighted by Gasteiger charge is -2.09. The van der Waals surface area contributed by atoms with E-state index in [1.165, 1.54) is 0 Å². The fourth-order valence-electron chi connectivity index (χ4n) is 2.50. The van der Waals surface area contributed by atoms with Crippen molar-refractivity contribution in [1.82, 2.24) is 10.3 Å². The zero-order valence-corrected chi connectivity index (χ0v) is 13.5. The topological polar surface area (TPSA) is 38.1 Å². The maximum atomic E-state index is 5.84. The number of nitrogens with one attached hydrogen (secondary N) is 1. The Labute approximate surface area is 129 Å². The summed E-state index contributed by atoms with van der Waals surface area (Å²) in [6.07, 6.45) is 1.13. The Bertz CT molecular complexity index is 744. The van der Waals surface area contributed by atoms with Gasteiger partial charge in [-0.2, -0.15) is 0 Å². The molecule has 110 valence electrons. The third kappa shape index (κ3) is 2.74. The minimum absolute atomic E-state index is 0.286. The van der Waals surface area contributed by atoms with Gasteiger partial charge in [0.15, 0.2) is 0 Å². The van der Waals surface area contributed by atoms with E-state index >= 15 is 0 Å². The van der Waals surface area contributed by atoms with E-state index < -0.39 is 0 Å². The fourth-order valence-corrected chi connectivity index (χ4v) is 3.52. The first kappa shape index (κ1) is 14.3. The Morgan fingerprint density at radius 1 is 1.33 bits per heavy atom. The van der Waals surface area contributed by atoms with Crippen LogP contribution >= 0.6 is 11.3 Å². The SMILES string of the molecule is CCCNC(C)c1csc(-c2c(C)oc3ccccc23)n1. The van der Waals surface area contributed by atoms with E-state index in [1.807, 2.05) is 25.1 Å². The molecule has 1 aromatic carbocycles. The smallest absolute Gasteiger partial charge is 0.135 e. The molecule has 3 aromatic rings. The van der Waals surface area contributed by atoms with Crippen LogP contribution in [0.3, 0.4) is 0 Å². The van der Waals surface area contributed by atoms with Gasteiger partial charge in [-0.15, -0.1) is 11.3 Å². The van der Waals surface area contributed by atoms with Gasteiger partial charge in [-0.3, -0.25) is 0 Å². The molecular weight excluding hydrogens is 280 g/mol. The molecule has 0 radical (unpaired) electrons. The summed E-state index contributed by atoms with van der Waals surface area (Å²) in [5.41, 5.74) is 3.16. The van der Waals surface area contributed by atoms with E-state index in [4.69, 9.17) is 9.40 Å². The second kappa shape index (κ2) is 6.00. The highest BCUT2D eigenvalue weighted by Gasteiger charge is 2.17. The van der Waals surface area contributed by atoms with Crippen LogP contribution in [0.5, 0.6) is 0 Å². The second-order valence-electron chi connectivity index (χ2n) is 5.28. The van der Waals surface area contributed by atoms with Gasteiger partial charge in [0, 0.05) is 16.8 Å². The maximum absolute atomic E-state index is 5.84. The Balaban J connectivity index is 1.96. The number of furan rings is 1. The normalized spacial score (nSPS) is 12.9. The van der Waals surface area contributed by atoms with Crippen molar-refractivity contribution in [3.8, 4) is 10.6 Å². The molecule has 2 heterocycles. The van der Waals surface area contributed by atoms with Crippen LogP contribution in [-0.4, -0.2) is 11.5 Å². The number of rotatable bonds is 5. The summed E-state index contributed by atoms with van der Waals surface area (Å²) < 4.78 is 5.84. The van der Waals surface area contributed by atoms with E-state index in [-0.39, 0.29) is 6.04 Å². The summed E-state index contributed by atoms with van der Waals surface area (Å²) in [4.78, 5) is 4.81. The lowest BCUT2D eigenvalue weighted by atomic mass is 10.1. The third-order valence-electron chi connectivity index (χ3n) is 3.65. The Kier molecular flexibility index (Phi) is 4.08. The van der Waals surface area contributed by atoms with Crippen molar-refractivity contribution < 1.29 is 4.42 Å². The van der Waals surface area contributed by atoms with Gasteiger partial charge in [-0.1, -0.05) is 25.1 Å². The van der Waals surface area contributed by atoms with Crippen LogP contribution in [0.15, 0.2) is 34.1 Å². The fraction of sp³-hybridized carbons (Fsp3) is 0.353. The van der Waals surface area contributed by atoms with Crippen molar-refractivity contribution in [1.29, 1.82) is 0 Å². The standard InChI is InChI=1S/C17H20N2OS/c1-4-9-18-11(2)14-10-21-17(19-14)16-12(3)20-15-8-6-5-7-13(15)16/h5-8,10-11,18H,4,9H2,1-3H3. The molecule has 4 heteroatoms. The lowest BCUT2D eigenvalue weighted by molar-refractivity contribution is 0.561. The summed E-state index contributed by atoms with van der Waals surface area (Å²) in [5.74, 6) is 0.936. The first-order valence-electron chi connectivity index (χ1n) is 7.38. The zero-order valence-electron chi connectivity index (χ0n) is 12.6. The Hall–Kier alpha value is -1.65. The number of aromatic nitrogens is 1. The van der Waals surface area contributed by atoms with E-state index in [1.54, 1.807) is 11.3 Å². The molecule has 1 N–H and O–H groups in total. The summed E-state index contributed by atoms with van der Waals surface area (Å²) >= 11 is 1.69. The molecule has 0 aliphatic heterocycles. The van der Waals surface area contributed by atoms with Crippen LogP contribution in [0, 0.1) is 6.92 Å². The minimum Gasteiger partial charge on any atom is -0.461 e. The van der Waals surface area contributed by atoms with Crippen LogP contribution in [0.2, 0.25) is 0 Å². The summed E-state index contributed by atoms with van der Waals surface area (Å²) in [6.45, 7) is 7.36. The molecule has 0 fully saturated rings. The number of benzene rings is 1. The highest BCUT2D eigenvalue weighted by Crippen LogP contribution is 2.36. The molecule has 0 bridgehead atoms. The van der Waals surface area contributed by atoms with Gasteiger partial charge in [-0.25, -0.2) is 4.98 Å².